The third-order valence-corrected chi connectivity index (χ3v) is 5.86. The molecule has 1 aliphatic heterocycles. The number of Topliss-reactive ketones (excluding diaryl/α,β-unsaturated/α-hetero) is 1. The predicted molar refractivity (Wildman–Crippen MR) is 112 cm³/mol. The lowest BCUT2D eigenvalue weighted by molar-refractivity contribution is 0.0811. The highest BCUT2D eigenvalue weighted by Crippen LogP contribution is 2.28. The molecule has 0 aliphatic carbocycles. The van der Waals surface area contributed by atoms with Crippen LogP contribution in [-0.2, 0) is 13.1 Å². The number of aryl methyl sites for hydroxylation is 3. The summed E-state index contributed by atoms with van der Waals surface area (Å²) in [6, 6.07) is 3.96. The van der Waals surface area contributed by atoms with Crippen molar-refractivity contribution in [3.63, 3.8) is 0 Å². The first-order chi connectivity index (χ1) is 13.4. The molecule has 28 heavy (non-hydrogen) atoms. The second-order valence-corrected chi connectivity index (χ2v) is 8.06. The summed E-state index contributed by atoms with van der Waals surface area (Å²) in [5.41, 5.74) is 5.39. The predicted octanol–water partition coefficient (Wildman–Crippen LogP) is 4.32. The summed E-state index contributed by atoms with van der Waals surface area (Å²) in [7, 11) is 1.68. The van der Waals surface area contributed by atoms with Crippen molar-refractivity contribution in [2.75, 3.05) is 20.2 Å². The molecule has 0 bridgehead atoms. The number of hydrogen-bond acceptors (Lipinski definition) is 4. The van der Waals surface area contributed by atoms with Crippen molar-refractivity contribution in [1.29, 1.82) is 0 Å². The van der Waals surface area contributed by atoms with Gasteiger partial charge in [0.15, 0.2) is 5.78 Å². The van der Waals surface area contributed by atoms with Gasteiger partial charge in [0.25, 0.3) is 0 Å². The number of hydrogen-bond donors (Lipinski definition) is 0. The minimum atomic E-state index is 0.0620. The molecule has 1 aromatic heterocycles. The molecule has 1 fully saturated rings. The number of aromatic nitrogens is 2. The molecular formula is C23H33N3O2. The summed E-state index contributed by atoms with van der Waals surface area (Å²) in [5.74, 6) is 1.20. The fraction of sp³-hybridized carbons (Fsp3) is 0.565. The molecule has 1 aromatic carbocycles. The molecule has 1 saturated heterocycles. The Morgan fingerprint density at radius 1 is 1.25 bits per heavy atom. The fourth-order valence-corrected chi connectivity index (χ4v) is 4.38. The van der Waals surface area contributed by atoms with Gasteiger partial charge in [0, 0.05) is 42.4 Å². The molecule has 2 heterocycles. The van der Waals surface area contributed by atoms with E-state index in [9.17, 15) is 4.79 Å². The van der Waals surface area contributed by atoms with E-state index >= 15 is 0 Å². The standard InChI is InChI=1S/C23H33N3O2/c1-6-9-26-18(4)21(13-24-26)15-25-10-7-8-19(14-25)22(27)20-11-16(2)23(28-5)17(3)12-20/h11-13,19H,6-10,14-15H2,1-5H3/t19-/m1/s1. The van der Waals surface area contributed by atoms with Crippen LogP contribution in [0.1, 0.15) is 58.9 Å². The number of nitrogens with zero attached hydrogens (tertiary/aromatic N) is 3. The van der Waals surface area contributed by atoms with Gasteiger partial charge >= 0.3 is 0 Å². The van der Waals surface area contributed by atoms with E-state index in [1.807, 2.05) is 32.2 Å². The fourth-order valence-electron chi connectivity index (χ4n) is 4.38. The quantitative estimate of drug-likeness (QED) is 0.668. The minimum absolute atomic E-state index is 0.0620. The van der Waals surface area contributed by atoms with Crippen molar-refractivity contribution >= 4 is 5.78 Å². The number of benzene rings is 1. The molecule has 1 atom stereocenters. The number of methoxy groups -OCH3 is 1. The van der Waals surface area contributed by atoms with Gasteiger partial charge in [0.05, 0.1) is 13.3 Å². The number of carbonyl (C=O) groups is 1. The molecular weight excluding hydrogens is 350 g/mol. The Balaban J connectivity index is 1.70. The maximum absolute atomic E-state index is 13.2. The Labute approximate surface area is 168 Å². The minimum Gasteiger partial charge on any atom is -0.496 e. The molecule has 0 unspecified atom stereocenters. The highest BCUT2D eigenvalue weighted by molar-refractivity contribution is 5.98. The number of likely N-dealkylation sites (tertiary alicyclic amines) is 1. The van der Waals surface area contributed by atoms with Gasteiger partial charge in [0.2, 0.25) is 0 Å². The smallest absolute Gasteiger partial charge is 0.167 e. The molecule has 5 heteroatoms. The summed E-state index contributed by atoms with van der Waals surface area (Å²) in [6.45, 7) is 12.0. The first-order valence-corrected chi connectivity index (χ1v) is 10.4. The SMILES string of the molecule is CCCn1ncc(CN2CCC[C@@H](C(=O)c3cc(C)c(OC)c(C)c3)C2)c1C. The van der Waals surface area contributed by atoms with Crippen LogP contribution in [0.2, 0.25) is 0 Å². The summed E-state index contributed by atoms with van der Waals surface area (Å²) < 4.78 is 7.53. The van der Waals surface area contributed by atoms with Gasteiger partial charge in [0.1, 0.15) is 5.75 Å². The highest BCUT2D eigenvalue weighted by Gasteiger charge is 2.27. The largest absolute Gasteiger partial charge is 0.496 e. The van der Waals surface area contributed by atoms with Crippen LogP contribution in [0.15, 0.2) is 18.3 Å². The van der Waals surface area contributed by atoms with Gasteiger partial charge in [-0.05, 0) is 69.8 Å². The molecule has 0 amide bonds. The zero-order valence-corrected chi connectivity index (χ0v) is 17.9. The van der Waals surface area contributed by atoms with Crippen molar-refractivity contribution in [2.45, 2.75) is 60.0 Å². The van der Waals surface area contributed by atoms with E-state index in [2.05, 4.69) is 28.5 Å². The van der Waals surface area contributed by atoms with Crippen molar-refractivity contribution in [1.82, 2.24) is 14.7 Å². The molecule has 5 nitrogen and oxygen atoms in total. The molecule has 152 valence electrons. The van der Waals surface area contributed by atoms with Gasteiger partial charge in [-0.3, -0.25) is 14.4 Å². The monoisotopic (exact) mass is 383 g/mol. The lowest BCUT2D eigenvalue weighted by Gasteiger charge is -2.32. The normalized spacial score (nSPS) is 17.7. The third-order valence-electron chi connectivity index (χ3n) is 5.86. The Bertz CT molecular complexity index is 817. The van der Waals surface area contributed by atoms with Gasteiger partial charge < -0.3 is 4.74 Å². The highest BCUT2D eigenvalue weighted by atomic mass is 16.5. The maximum atomic E-state index is 13.2. The average molecular weight is 384 g/mol. The summed E-state index contributed by atoms with van der Waals surface area (Å²) in [5, 5.41) is 4.52. The van der Waals surface area contributed by atoms with Crippen LogP contribution in [0.25, 0.3) is 0 Å². The van der Waals surface area contributed by atoms with Crippen molar-refractivity contribution in [2.24, 2.45) is 5.92 Å². The van der Waals surface area contributed by atoms with Crippen LogP contribution < -0.4 is 4.74 Å². The Kier molecular flexibility index (Phi) is 6.55. The molecule has 2 aromatic rings. The Hall–Kier alpha value is -2.14. The molecule has 0 N–H and O–H groups in total. The van der Waals surface area contributed by atoms with Crippen molar-refractivity contribution in [3.8, 4) is 5.75 Å². The number of ether oxygens (including phenoxy) is 1. The van der Waals surface area contributed by atoms with Gasteiger partial charge in [-0.1, -0.05) is 6.92 Å². The molecule has 3 rings (SSSR count). The van der Waals surface area contributed by atoms with E-state index in [4.69, 9.17) is 4.74 Å². The Morgan fingerprint density at radius 2 is 1.96 bits per heavy atom. The number of rotatable bonds is 7. The number of carbonyl (C=O) groups excluding carboxylic acids is 1. The lowest BCUT2D eigenvalue weighted by atomic mass is 9.88. The van der Waals surface area contributed by atoms with E-state index in [0.717, 1.165) is 67.9 Å². The van der Waals surface area contributed by atoms with Gasteiger partial charge in [-0.15, -0.1) is 0 Å². The third kappa shape index (κ3) is 4.30. The van der Waals surface area contributed by atoms with Gasteiger partial charge in [-0.2, -0.15) is 5.10 Å². The average Bonchev–Trinajstić information content (AvgIpc) is 3.01. The second kappa shape index (κ2) is 8.91. The Morgan fingerprint density at radius 3 is 2.61 bits per heavy atom. The molecule has 0 radical (unpaired) electrons. The maximum Gasteiger partial charge on any atom is 0.167 e. The topological polar surface area (TPSA) is 47.4 Å². The first-order valence-electron chi connectivity index (χ1n) is 10.4. The number of piperidine rings is 1. The lowest BCUT2D eigenvalue weighted by Crippen LogP contribution is -2.38. The number of ketones is 1. The summed E-state index contributed by atoms with van der Waals surface area (Å²) in [4.78, 5) is 15.6. The summed E-state index contributed by atoms with van der Waals surface area (Å²) in [6.07, 6.45) is 5.11. The summed E-state index contributed by atoms with van der Waals surface area (Å²) >= 11 is 0. The molecule has 1 aliphatic rings. The van der Waals surface area contributed by atoms with Crippen molar-refractivity contribution in [3.05, 3.63) is 46.3 Å². The van der Waals surface area contributed by atoms with E-state index in [1.165, 1.54) is 11.3 Å². The van der Waals surface area contributed by atoms with Crippen LogP contribution >= 0.6 is 0 Å². The first kappa shape index (κ1) is 20.6. The molecule has 0 spiro atoms. The molecule has 0 saturated carbocycles. The van der Waals surface area contributed by atoms with E-state index in [1.54, 1.807) is 7.11 Å². The van der Waals surface area contributed by atoms with Crippen LogP contribution in [-0.4, -0.2) is 40.7 Å². The second-order valence-electron chi connectivity index (χ2n) is 8.06. The van der Waals surface area contributed by atoms with Crippen LogP contribution in [0.4, 0.5) is 0 Å². The zero-order valence-electron chi connectivity index (χ0n) is 17.9. The van der Waals surface area contributed by atoms with Crippen LogP contribution in [0, 0.1) is 26.7 Å². The van der Waals surface area contributed by atoms with Crippen molar-refractivity contribution < 1.29 is 9.53 Å². The van der Waals surface area contributed by atoms with Crippen LogP contribution in [0.5, 0.6) is 5.75 Å². The zero-order chi connectivity index (χ0) is 20.3. The van der Waals surface area contributed by atoms with E-state index in [0.29, 0.717) is 0 Å². The van der Waals surface area contributed by atoms with Gasteiger partial charge in [-0.25, -0.2) is 0 Å². The van der Waals surface area contributed by atoms with E-state index < -0.39 is 0 Å². The van der Waals surface area contributed by atoms with Crippen LogP contribution in [0.3, 0.4) is 0 Å². The van der Waals surface area contributed by atoms with E-state index in [-0.39, 0.29) is 11.7 Å².